The van der Waals surface area contributed by atoms with Gasteiger partial charge in [0.05, 0.1) is 6.10 Å². The number of ether oxygens (including phenoxy) is 1. The fraction of sp³-hybridized carbons (Fsp3) is 0.650. The van der Waals surface area contributed by atoms with E-state index in [0.29, 0.717) is 6.42 Å². The summed E-state index contributed by atoms with van der Waals surface area (Å²) in [5.74, 6) is -0.735. The Morgan fingerprint density at radius 2 is 1.79 bits per heavy atom. The Hall–Kier alpha value is -1.39. The normalized spacial score (nSPS) is 21.9. The molecule has 4 heteroatoms. The Kier molecular flexibility index (Phi) is 11.2. The van der Waals surface area contributed by atoms with Gasteiger partial charge in [0, 0.05) is 6.42 Å². The second kappa shape index (κ2) is 13.0. The first-order valence-corrected chi connectivity index (χ1v) is 9.17. The fourth-order valence-corrected chi connectivity index (χ4v) is 2.55. The van der Waals surface area contributed by atoms with Gasteiger partial charge in [0.1, 0.15) is 12.2 Å². The van der Waals surface area contributed by atoms with Gasteiger partial charge in [-0.2, -0.15) is 0 Å². The third-order valence-corrected chi connectivity index (χ3v) is 4.02. The zero-order valence-electron chi connectivity index (χ0n) is 14.8. The molecule has 1 aliphatic heterocycles. The minimum Gasteiger partial charge on any atom is -0.481 e. The minimum atomic E-state index is -0.735. The van der Waals surface area contributed by atoms with Crippen molar-refractivity contribution >= 4 is 5.97 Å². The number of carboxylic acids is 1. The SMILES string of the molecule is CCCCC[C@H]1O[C@H]1C(O)/C=C/C/C=C/C/C=C/CCCC(=O)O. The summed E-state index contributed by atoms with van der Waals surface area (Å²) in [6.45, 7) is 2.19. The maximum Gasteiger partial charge on any atom is 0.303 e. The number of epoxide rings is 1. The van der Waals surface area contributed by atoms with Crippen molar-refractivity contribution in [3.63, 3.8) is 0 Å². The molecule has 1 aliphatic rings. The molecule has 0 aromatic rings. The molecule has 1 unspecified atom stereocenters. The maximum atomic E-state index is 10.3. The summed E-state index contributed by atoms with van der Waals surface area (Å²) in [6, 6.07) is 0. The van der Waals surface area contributed by atoms with Crippen LogP contribution in [0.3, 0.4) is 0 Å². The van der Waals surface area contributed by atoms with Gasteiger partial charge in [0.2, 0.25) is 0 Å². The molecule has 0 bridgehead atoms. The van der Waals surface area contributed by atoms with Crippen LogP contribution in [0.25, 0.3) is 0 Å². The Morgan fingerprint density at radius 3 is 2.50 bits per heavy atom. The van der Waals surface area contributed by atoms with Gasteiger partial charge in [-0.15, -0.1) is 0 Å². The molecule has 0 spiro atoms. The Bertz CT molecular complexity index is 425. The first-order chi connectivity index (χ1) is 11.6. The highest BCUT2D eigenvalue weighted by Gasteiger charge is 2.42. The number of carbonyl (C=O) groups is 1. The van der Waals surface area contributed by atoms with Crippen LogP contribution in [0.2, 0.25) is 0 Å². The van der Waals surface area contributed by atoms with Crippen LogP contribution in [0.15, 0.2) is 36.5 Å². The largest absolute Gasteiger partial charge is 0.481 e. The predicted molar refractivity (Wildman–Crippen MR) is 97.0 cm³/mol. The summed E-state index contributed by atoms with van der Waals surface area (Å²) in [5.41, 5.74) is 0. The summed E-state index contributed by atoms with van der Waals surface area (Å²) in [5, 5.41) is 18.5. The molecule has 1 fully saturated rings. The number of carboxylic acid groups (broad SMARTS) is 1. The number of hydrogen-bond donors (Lipinski definition) is 2. The third-order valence-electron chi connectivity index (χ3n) is 4.02. The van der Waals surface area contributed by atoms with E-state index in [0.717, 1.165) is 25.7 Å². The monoisotopic (exact) mass is 336 g/mol. The van der Waals surface area contributed by atoms with Gasteiger partial charge in [-0.05, 0) is 32.1 Å². The molecule has 0 aromatic heterocycles. The molecule has 0 radical (unpaired) electrons. The van der Waals surface area contributed by atoms with Gasteiger partial charge in [0.15, 0.2) is 0 Å². The molecule has 0 aliphatic carbocycles. The van der Waals surface area contributed by atoms with E-state index in [2.05, 4.69) is 25.2 Å². The molecule has 4 nitrogen and oxygen atoms in total. The molecule has 136 valence electrons. The highest BCUT2D eigenvalue weighted by molar-refractivity contribution is 5.66. The van der Waals surface area contributed by atoms with E-state index in [4.69, 9.17) is 9.84 Å². The van der Waals surface area contributed by atoms with Crippen LogP contribution in [-0.2, 0) is 9.53 Å². The van der Waals surface area contributed by atoms with Gasteiger partial charge >= 0.3 is 5.97 Å². The molecule has 3 atom stereocenters. The van der Waals surface area contributed by atoms with Crippen LogP contribution in [-0.4, -0.2) is 34.5 Å². The fourth-order valence-electron chi connectivity index (χ4n) is 2.55. The lowest BCUT2D eigenvalue weighted by Crippen LogP contribution is -2.13. The van der Waals surface area contributed by atoms with Crippen LogP contribution in [0.5, 0.6) is 0 Å². The van der Waals surface area contributed by atoms with E-state index in [1.807, 2.05) is 18.2 Å². The first kappa shape index (κ1) is 20.7. The lowest BCUT2D eigenvalue weighted by Gasteiger charge is -2.00. The summed E-state index contributed by atoms with van der Waals surface area (Å²) in [4.78, 5) is 10.3. The van der Waals surface area contributed by atoms with Crippen molar-refractivity contribution < 1.29 is 19.7 Å². The second-order valence-corrected chi connectivity index (χ2v) is 6.25. The van der Waals surface area contributed by atoms with Gasteiger partial charge in [-0.25, -0.2) is 0 Å². The van der Waals surface area contributed by atoms with Crippen LogP contribution >= 0.6 is 0 Å². The number of aliphatic hydroxyl groups excluding tert-OH is 1. The zero-order chi connectivity index (χ0) is 17.6. The summed E-state index contributed by atoms with van der Waals surface area (Å²) >= 11 is 0. The summed E-state index contributed by atoms with van der Waals surface area (Å²) in [6.07, 6.45) is 19.9. The molecular weight excluding hydrogens is 304 g/mol. The summed E-state index contributed by atoms with van der Waals surface area (Å²) in [7, 11) is 0. The highest BCUT2D eigenvalue weighted by atomic mass is 16.6. The molecule has 1 saturated heterocycles. The molecule has 0 amide bonds. The van der Waals surface area contributed by atoms with Crippen molar-refractivity contribution in [2.75, 3.05) is 0 Å². The van der Waals surface area contributed by atoms with Gasteiger partial charge in [-0.1, -0.05) is 62.6 Å². The van der Waals surface area contributed by atoms with E-state index >= 15 is 0 Å². The lowest BCUT2D eigenvalue weighted by molar-refractivity contribution is -0.137. The second-order valence-electron chi connectivity index (χ2n) is 6.25. The third kappa shape index (κ3) is 10.4. The van der Waals surface area contributed by atoms with Gasteiger partial charge in [0.25, 0.3) is 0 Å². The average molecular weight is 336 g/mol. The Morgan fingerprint density at radius 1 is 1.08 bits per heavy atom. The van der Waals surface area contributed by atoms with Crippen molar-refractivity contribution in [3.8, 4) is 0 Å². The van der Waals surface area contributed by atoms with Crippen molar-refractivity contribution in [2.45, 2.75) is 83.0 Å². The number of unbranched alkanes of at least 4 members (excludes halogenated alkanes) is 3. The van der Waals surface area contributed by atoms with Crippen LogP contribution < -0.4 is 0 Å². The van der Waals surface area contributed by atoms with Crippen LogP contribution in [0.4, 0.5) is 0 Å². The quantitative estimate of drug-likeness (QED) is 0.280. The molecular formula is C20H32O4. The number of aliphatic carboxylic acids is 1. The van der Waals surface area contributed by atoms with E-state index < -0.39 is 12.1 Å². The van der Waals surface area contributed by atoms with Gasteiger partial charge < -0.3 is 14.9 Å². The number of allylic oxidation sites excluding steroid dienone is 5. The first-order valence-electron chi connectivity index (χ1n) is 9.17. The Labute approximate surface area is 145 Å². The zero-order valence-corrected chi connectivity index (χ0v) is 14.8. The standard InChI is InChI=1S/C20H32O4/c1-2-3-11-15-18-20(24-18)17(21)14-12-9-7-5-4-6-8-10-13-16-19(22)23/h5-8,12,14,17-18,20-21H,2-4,9-11,13,15-16H2,1H3,(H,22,23)/b7-5+,8-6+,14-12+/t17?,18-,20+/m1/s1. The van der Waals surface area contributed by atoms with Crippen molar-refractivity contribution in [3.05, 3.63) is 36.5 Å². The smallest absolute Gasteiger partial charge is 0.303 e. The van der Waals surface area contributed by atoms with E-state index in [1.54, 1.807) is 0 Å². The van der Waals surface area contributed by atoms with Crippen molar-refractivity contribution in [1.29, 1.82) is 0 Å². The number of aliphatic hydroxyl groups is 1. The van der Waals surface area contributed by atoms with E-state index in [-0.39, 0.29) is 18.6 Å². The van der Waals surface area contributed by atoms with Crippen LogP contribution in [0, 0.1) is 0 Å². The number of rotatable bonds is 14. The molecule has 1 rings (SSSR count). The number of hydrogen-bond acceptors (Lipinski definition) is 3. The summed E-state index contributed by atoms with van der Waals surface area (Å²) < 4.78 is 5.52. The molecule has 24 heavy (non-hydrogen) atoms. The molecule has 2 N–H and O–H groups in total. The van der Waals surface area contributed by atoms with E-state index in [1.165, 1.54) is 19.3 Å². The van der Waals surface area contributed by atoms with Crippen molar-refractivity contribution in [2.24, 2.45) is 0 Å². The minimum absolute atomic E-state index is 0.00387. The van der Waals surface area contributed by atoms with Crippen LogP contribution in [0.1, 0.15) is 64.7 Å². The average Bonchev–Trinajstić information content (AvgIpc) is 3.32. The topological polar surface area (TPSA) is 70.1 Å². The Balaban J connectivity index is 2.00. The molecule has 0 aromatic carbocycles. The lowest BCUT2D eigenvalue weighted by atomic mass is 10.1. The maximum absolute atomic E-state index is 10.3. The predicted octanol–water partition coefficient (Wildman–Crippen LogP) is 4.40. The molecule has 1 heterocycles. The van der Waals surface area contributed by atoms with E-state index in [9.17, 15) is 9.90 Å². The highest BCUT2D eigenvalue weighted by Crippen LogP contribution is 2.30. The van der Waals surface area contributed by atoms with Gasteiger partial charge in [-0.3, -0.25) is 4.79 Å². The van der Waals surface area contributed by atoms with Crippen molar-refractivity contribution in [1.82, 2.24) is 0 Å². The molecule has 0 saturated carbocycles.